The van der Waals surface area contributed by atoms with Crippen molar-refractivity contribution in [2.24, 2.45) is 7.05 Å². The van der Waals surface area contributed by atoms with Gasteiger partial charge in [0.15, 0.2) is 11.0 Å². The Morgan fingerprint density at radius 2 is 1.69 bits per heavy atom. The maximum Gasteiger partial charge on any atom is 0.296 e. The third kappa shape index (κ3) is 3.59. The lowest BCUT2D eigenvalue weighted by atomic mass is 10.2. The first-order valence-electron chi connectivity index (χ1n) is 10.8. The van der Waals surface area contributed by atoms with Crippen LogP contribution in [0.4, 0.5) is 0 Å². The van der Waals surface area contributed by atoms with Crippen molar-refractivity contribution in [3.8, 4) is 22.8 Å². The Labute approximate surface area is 195 Å². The Balaban J connectivity index is 1.74. The minimum atomic E-state index is -0.113. The average Bonchev–Trinajstić information content (AvgIpc) is 3.50. The van der Waals surface area contributed by atoms with Gasteiger partial charge in [-0.15, -0.1) is 10.2 Å². The number of hydrogen-bond acceptors (Lipinski definition) is 4. The lowest BCUT2D eigenvalue weighted by Gasteiger charge is -2.12. The van der Waals surface area contributed by atoms with Gasteiger partial charge in [0.25, 0.3) is 5.56 Å². The molecule has 0 bridgehead atoms. The summed E-state index contributed by atoms with van der Waals surface area (Å²) in [5, 5.41) is 10.8. The number of nitrogens with zero attached hydrogens (tertiary/aromatic N) is 5. The Hall–Kier alpha value is -2.77. The summed E-state index contributed by atoms with van der Waals surface area (Å²) in [6.45, 7) is 1.95. The quantitative estimate of drug-likeness (QED) is 0.395. The SMILES string of the molecule is Cc1c(-n2c(SC3CCCC3)nnc2-c2ccccc2Cl)c(=O)n(-c2ccccc2)n1C. The minimum Gasteiger partial charge on any atom is -0.283 e. The summed E-state index contributed by atoms with van der Waals surface area (Å²) in [4.78, 5) is 13.8. The zero-order valence-corrected chi connectivity index (χ0v) is 19.6. The van der Waals surface area contributed by atoms with Crippen molar-refractivity contribution >= 4 is 23.4 Å². The summed E-state index contributed by atoms with van der Waals surface area (Å²) in [5.41, 5.74) is 2.84. The van der Waals surface area contributed by atoms with E-state index >= 15 is 0 Å². The van der Waals surface area contributed by atoms with Gasteiger partial charge in [0.1, 0.15) is 5.69 Å². The first kappa shape index (κ1) is 21.1. The number of rotatable bonds is 5. The zero-order chi connectivity index (χ0) is 22.2. The summed E-state index contributed by atoms with van der Waals surface area (Å²) in [6.07, 6.45) is 4.77. The van der Waals surface area contributed by atoms with Crippen molar-refractivity contribution in [1.82, 2.24) is 24.1 Å². The van der Waals surface area contributed by atoms with E-state index in [-0.39, 0.29) is 5.56 Å². The van der Waals surface area contributed by atoms with Crippen molar-refractivity contribution in [3.05, 3.63) is 75.7 Å². The van der Waals surface area contributed by atoms with E-state index in [1.807, 2.05) is 77.8 Å². The van der Waals surface area contributed by atoms with Crippen LogP contribution in [0.15, 0.2) is 64.5 Å². The third-order valence-electron chi connectivity index (χ3n) is 6.07. The van der Waals surface area contributed by atoms with E-state index in [1.54, 1.807) is 16.4 Å². The van der Waals surface area contributed by atoms with E-state index in [1.165, 1.54) is 12.8 Å². The van der Waals surface area contributed by atoms with Gasteiger partial charge in [0.05, 0.1) is 16.4 Å². The molecule has 5 rings (SSSR count). The predicted molar refractivity (Wildman–Crippen MR) is 129 cm³/mol. The molecule has 1 aliphatic carbocycles. The lowest BCUT2D eigenvalue weighted by Crippen LogP contribution is -2.22. The highest BCUT2D eigenvalue weighted by atomic mass is 35.5. The minimum absolute atomic E-state index is 0.113. The summed E-state index contributed by atoms with van der Waals surface area (Å²) in [7, 11) is 1.90. The molecule has 1 saturated carbocycles. The van der Waals surface area contributed by atoms with Crippen molar-refractivity contribution < 1.29 is 0 Å². The van der Waals surface area contributed by atoms with Gasteiger partial charge in [-0.3, -0.25) is 14.0 Å². The van der Waals surface area contributed by atoms with Gasteiger partial charge >= 0.3 is 0 Å². The van der Waals surface area contributed by atoms with Gasteiger partial charge in [-0.2, -0.15) is 0 Å². The molecule has 0 spiro atoms. The molecule has 2 heterocycles. The number of para-hydroxylation sites is 1. The molecule has 6 nitrogen and oxygen atoms in total. The van der Waals surface area contributed by atoms with Gasteiger partial charge in [-0.05, 0) is 44.0 Å². The molecule has 0 N–H and O–H groups in total. The molecule has 0 unspecified atom stereocenters. The fourth-order valence-electron chi connectivity index (χ4n) is 4.33. The average molecular weight is 466 g/mol. The third-order valence-corrected chi connectivity index (χ3v) is 7.68. The van der Waals surface area contributed by atoms with E-state index in [9.17, 15) is 4.79 Å². The van der Waals surface area contributed by atoms with Crippen LogP contribution in [0.25, 0.3) is 22.8 Å². The molecular weight excluding hydrogens is 442 g/mol. The second-order valence-electron chi connectivity index (χ2n) is 8.06. The van der Waals surface area contributed by atoms with Crippen LogP contribution in [0, 0.1) is 6.92 Å². The molecule has 2 aromatic carbocycles. The molecule has 0 atom stereocenters. The van der Waals surface area contributed by atoms with Gasteiger partial charge in [0.2, 0.25) is 0 Å². The smallest absolute Gasteiger partial charge is 0.283 e. The normalized spacial score (nSPS) is 14.3. The highest BCUT2D eigenvalue weighted by Gasteiger charge is 2.28. The molecule has 0 amide bonds. The molecule has 164 valence electrons. The van der Waals surface area contributed by atoms with E-state index in [0.717, 1.165) is 34.9 Å². The van der Waals surface area contributed by atoms with Gasteiger partial charge in [0, 0.05) is 17.9 Å². The second-order valence-corrected chi connectivity index (χ2v) is 9.73. The molecule has 2 aromatic heterocycles. The molecule has 0 aliphatic heterocycles. The maximum absolute atomic E-state index is 13.8. The fraction of sp³-hybridized carbons (Fsp3) is 0.292. The summed E-state index contributed by atoms with van der Waals surface area (Å²) in [6, 6.07) is 17.2. The molecule has 1 fully saturated rings. The van der Waals surface area contributed by atoms with E-state index in [0.29, 0.717) is 21.8 Å². The highest BCUT2D eigenvalue weighted by Crippen LogP contribution is 2.37. The highest BCUT2D eigenvalue weighted by molar-refractivity contribution is 7.99. The van der Waals surface area contributed by atoms with Crippen molar-refractivity contribution in [3.63, 3.8) is 0 Å². The van der Waals surface area contributed by atoms with Crippen LogP contribution in [-0.2, 0) is 7.05 Å². The molecular formula is C24H24ClN5OS. The molecule has 0 radical (unpaired) electrons. The van der Waals surface area contributed by atoms with Crippen LogP contribution in [0.5, 0.6) is 0 Å². The fourth-order valence-corrected chi connectivity index (χ4v) is 5.79. The Kier molecular flexibility index (Phi) is 5.69. The summed E-state index contributed by atoms with van der Waals surface area (Å²) in [5.74, 6) is 0.585. The van der Waals surface area contributed by atoms with Crippen LogP contribution in [0.1, 0.15) is 31.4 Å². The van der Waals surface area contributed by atoms with E-state index in [4.69, 9.17) is 11.6 Å². The number of benzene rings is 2. The lowest BCUT2D eigenvalue weighted by molar-refractivity contribution is 0.630. The Bertz CT molecular complexity index is 1320. The van der Waals surface area contributed by atoms with Crippen molar-refractivity contribution in [2.75, 3.05) is 0 Å². The summed E-state index contributed by atoms with van der Waals surface area (Å²) >= 11 is 8.24. The number of hydrogen-bond donors (Lipinski definition) is 0. The van der Waals surface area contributed by atoms with Crippen LogP contribution in [-0.4, -0.2) is 29.4 Å². The zero-order valence-electron chi connectivity index (χ0n) is 18.0. The Morgan fingerprint density at radius 3 is 2.41 bits per heavy atom. The van der Waals surface area contributed by atoms with E-state index in [2.05, 4.69) is 10.2 Å². The molecule has 32 heavy (non-hydrogen) atoms. The topological polar surface area (TPSA) is 57.6 Å². The number of halogens is 1. The standard InChI is InChI=1S/C24H24ClN5OS/c1-16-21(23(31)30(28(16)2)17-10-4-3-5-11-17)29-22(19-14-8-9-15-20(19)25)26-27-24(29)32-18-12-6-7-13-18/h3-5,8-11,14-15,18H,6-7,12-13H2,1-2H3. The molecule has 0 saturated heterocycles. The predicted octanol–water partition coefficient (Wildman–Crippen LogP) is 5.42. The van der Waals surface area contributed by atoms with Crippen LogP contribution >= 0.6 is 23.4 Å². The number of thioether (sulfide) groups is 1. The maximum atomic E-state index is 13.8. The summed E-state index contributed by atoms with van der Waals surface area (Å²) < 4.78 is 5.47. The molecule has 8 heteroatoms. The van der Waals surface area contributed by atoms with Crippen LogP contribution < -0.4 is 5.56 Å². The Morgan fingerprint density at radius 1 is 1.00 bits per heavy atom. The molecule has 4 aromatic rings. The van der Waals surface area contributed by atoms with Crippen LogP contribution in [0.2, 0.25) is 5.02 Å². The largest absolute Gasteiger partial charge is 0.296 e. The second kappa shape index (κ2) is 8.64. The van der Waals surface area contributed by atoms with Gasteiger partial charge < -0.3 is 0 Å². The first-order chi connectivity index (χ1) is 15.6. The van der Waals surface area contributed by atoms with Crippen LogP contribution in [0.3, 0.4) is 0 Å². The van der Waals surface area contributed by atoms with Crippen molar-refractivity contribution in [1.29, 1.82) is 0 Å². The molecule has 1 aliphatic rings. The monoisotopic (exact) mass is 465 g/mol. The van der Waals surface area contributed by atoms with Crippen molar-refractivity contribution in [2.45, 2.75) is 43.0 Å². The number of aromatic nitrogens is 5. The first-order valence-corrected chi connectivity index (χ1v) is 12.0. The van der Waals surface area contributed by atoms with Gasteiger partial charge in [-0.1, -0.05) is 66.5 Å². The van der Waals surface area contributed by atoms with Gasteiger partial charge in [-0.25, -0.2) is 4.68 Å². The van der Waals surface area contributed by atoms with E-state index < -0.39 is 0 Å².